The molecule has 218 valence electrons. The van der Waals surface area contributed by atoms with Gasteiger partial charge in [-0.05, 0) is 74.6 Å². The zero-order valence-corrected chi connectivity index (χ0v) is 23.0. The number of rotatable bonds is 5. The van der Waals surface area contributed by atoms with Gasteiger partial charge in [-0.2, -0.15) is 26.3 Å². The van der Waals surface area contributed by atoms with Gasteiger partial charge < -0.3 is 4.74 Å². The highest BCUT2D eigenvalue weighted by atomic mass is 35.5. The summed E-state index contributed by atoms with van der Waals surface area (Å²) in [5, 5.41) is -0.365. The minimum Gasteiger partial charge on any atom is -0.490 e. The van der Waals surface area contributed by atoms with Crippen LogP contribution in [0.4, 0.5) is 26.3 Å². The molecule has 2 aromatic carbocycles. The quantitative estimate of drug-likeness (QED) is 0.211. The van der Waals surface area contributed by atoms with E-state index in [1.54, 1.807) is 19.1 Å². The van der Waals surface area contributed by atoms with E-state index in [4.69, 9.17) is 16.3 Å². The Morgan fingerprint density at radius 2 is 1.61 bits per heavy atom. The van der Waals surface area contributed by atoms with E-state index in [0.29, 0.717) is 0 Å². The summed E-state index contributed by atoms with van der Waals surface area (Å²) in [5.74, 6) is -1.27. The molecule has 4 aromatic rings. The van der Waals surface area contributed by atoms with Crippen LogP contribution in [0.25, 0.3) is 22.0 Å². The number of hydrogen-bond acceptors (Lipinski definition) is 4. The van der Waals surface area contributed by atoms with Crippen molar-refractivity contribution >= 4 is 32.5 Å². The molecule has 0 unspecified atom stereocenters. The molecule has 0 N–H and O–H groups in total. The van der Waals surface area contributed by atoms with E-state index in [9.17, 15) is 34.8 Å². The van der Waals surface area contributed by atoms with Crippen molar-refractivity contribution in [3.8, 4) is 16.9 Å². The van der Waals surface area contributed by atoms with E-state index in [1.165, 1.54) is 36.4 Å². The lowest BCUT2D eigenvalue weighted by atomic mass is 9.87. The molecule has 0 spiro atoms. The van der Waals surface area contributed by atoms with Crippen LogP contribution in [0.1, 0.15) is 36.9 Å². The van der Waals surface area contributed by atoms with Crippen LogP contribution in [0.5, 0.6) is 5.75 Å². The van der Waals surface area contributed by atoms with Gasteiger partial charge in [-0.3, -0.25) is 4.98 Å². The van der Waals surface area contributed by atoms with Crippen molar-refractivity contribution in [2.24, 2.45) is 5.92 Å². The predicted molar refractivity (Wildman–Crippen MR) is 141 cm³/mol. The van der Waals surface area contributed by atoms with Crippen molar-refractivity contribution in [2.75, 3.05) is 0 Å². The second kappa shape index (κ2) is 10.5. The number of alkyl halides is 6. The van der Waals surface area contributed by atoms with Gasteiger partial charge in [0, 0.05) is 28.4 Å². The minimum atomic E-state index is -4.91. The Labute approximate surface area is 236 Å². The highest BCUT2D eigenvalue weighted by Gasteiger charge is 2.42. The van der Waals surface area contributed by atoms with Crippen molar-refractivity contribution in [1.82, 2.24) is 8.96 Å². The van der Waals surface area contributed by atoms with Crippen molar-refractivity contribution in [1.29, 1.82) is 0 Å². The van der Waals surface area contributed by atoms with Gasteiger partial charge in [0.25, 0.3) is 10.0 Å². The zero-order chi connectivity index (χ0) is 29.7. The van der Waals surface area contributed by atoms with Gasteiger partial charge in [0.15, 0.2) is 5.69 Å². The first-order valence-corrected chi connectivity index (χ1v) is 14.4. The van der Waals surface area contributed by atoms with Gasteiger partial charge in [-0.15, -0.1) is 0 Å². The van der Waals surface area contributed by atoms with E-state index in [0.717, 1.165) is 21.9 Å². The Balaban J connectivity index is 1.61. The fourth-order valence-electron chi connectivity index (χ4n) is 5.10. The van der Waals surface area contributed by atoms with Crippen LogP contribution < -0.4 is 4.74 Å². The largest absolute Gasteiger partial charge is 0.490 e. The van der Waals surface area contributed by atoms with Crippen LogP contribution in [0, 0.1) is 12.8 Å². The lowest BCUT2D eigenvalue weighted by Crippen LogP contribution is -2.31. The molecule has 41 heavy (non-hydrogen) atoms. The van der Waals surface area contributed by atoms with E-state index >= 15 is 0 Å². The van der Waals surface area contributed by atoms with Crippen LogP contribution in [-0.2, 0) is 16.2 Å². The second-order valence-corrected chi connectivity index (χ2v) is 12.3. The SMILES string of the molecule is Cc1ccc(S(=O)(=O)n2cc(-c3cc(Cl)cc(OC4CCC(C(F)(F)F)CC4)c3)c3c(C(F)(F)F)nccc32)cc1. The second-order valence-electron chi connectivity index (χ2n) is 10.0. The summed E-state index contributed by atoms with van der Waals surface area (Å²) in [7, 11) is -4.33. The number of fused-ring (bicyclic) bond motifs is 1. The number of aryl methyl sites for hydroxylation is 1. The van der Waals surface area contributed by atoms with Crippen LogP contribution in [0.3, 0.4) is 0 Å². The molecule has 1 aliphatic carbocycles. The first kappa shape index (κ1) is 29.2. The lowest BCUT2D eigenvalue weighted by Gasteiger charge is -2.30. The van der Waals surface area contributed by atoms with Gasteiger partial charge >= 0.3 is 12.4 Å². The Kier molecular flexibility index (Phi) is 7.52. The molecule has 0 saturated heterocycles. The molecule has 13 heteroatoms. The molecule has 0 aliphatic heterocycles. The van der Waals surface area contributed by atoms with E-state index < -0.39 is 45.5 Å². The molecular formula is C28H23ClF6N2O3S. The third-order valence-electron chi connectivity index (χ3n) is 7.15. The highest BCUT2D eigenvalue weighted by Crippen LogP contribution is 2.43. The lowest BCUT2D eigenvalue weighted by molar-refractivity contribution is -0.185. The molecular weight excluding hydrogens is 594 g/mol. The molecule has 1 saturated carbocycles. The Morgan fingerprint density at radius 3 is 2.22 bits per heavy atom. The zero-order valence-electron chi connectivity index (χ0n) is 21.4. The Bertz CT molecular complexity index is 1690. The molecule has 5 rings (SSSR count). The average Bonchev–Trinajstić information content (AvgIpc) is 3.29. The number of hydrogen-bond donors (Lipinski definition) is 0. The summed E-state index contributed by atoms with van der Waals surface area (Å²) < 4.78 is 115. The number of ether oxygens (including phenoxy) is 1. The molecule has 1 aliphatic rings. The van der Waals surface area contributed by atoms with Crippen molar-refractivity contribution < 1.29 is 39.5 Å². The van der Waals surface area contributed by atoms with Crippen molar-refractivity contribution in [3.63, 3.8) is 0 Å². The maximum absolute atomic E-state index is 14.1. The molecule has 0 radical (unpaired) electrons. The Morgan fingerprint density at radius 1 is 0.951 bits per heavy atom. The van der Waals surface area contributed by atoms with Crippen molar-refractivity contribution in [3.05, 3.63) is 77.2 Å². The monoisotopic (exact) mass is 616 g/mol. The summed E-state index contributed by atoms with van der Waals surface area (Å²) in [6.45, 7) is 1.77. The fourth-order valence-corrected chi connectivity index (χ4v) is 6.68. The number of benzene rings is 2. The number of pyridine rings is 1. The third kappa shape index (κ3) is 5.90. The highest BCUT2D eigenvalue weighted by molar-refractivity contribution is 7.90. The normalized spacial score (nSPS) is 18.5. The van der Waals surface area contributed by atoms with Gasteiger partial charge in [-0.1, -0.05) is 29.3 Å². The number of halogens is 7. The van der Waals surface area contributed by atoms with Crippen LogP contribution in [-0.4, -0.2) is 29.7 Å². The first-order valence-electron chi connectivity index (χ1n) is 12.6. The van der Waals surface area contributed by atoms with Crippen molar-refractivity contribution in [2.45, 2.75) is 56.0 Å². The molecule has 0 bridgehead atoms. The summed E-state index contributed by atoms with van der Waals surface area (Å²) in [6.07, 6.45) is -7.70. The van der Waals surface area contributed by atoms with Gasteiger partial charge in [-0.25, -0.2) is 12.4 Å². The minimum absolute atomic E-state index is 0.0845. The maximum Gasteiger partial charge on any atom is 0.434 e. The smallest absolute Gasteiger partial charge is 0.434 e. The molecule has 0 atom stereocenters. The molecule has 1 fully saturated rings. The molecule has 0 amide bonds. The predicted octanol–water partition coefficient (Wildman–Crippen LogP) is 8.42. The average molecular weight is 617 g/mol. The van der Waals surface area contributed by atoms with Crippen LogP contribution >= 0.6 is 11.6 Å². The summed E-state index contributed by atoms with van der Waals surface area (Å²) >= 11 is 6.30. The van der Waals surface area contributed by atoms with Crippen LogP contribution in [0.2, 0.25) is 5.02 Å². The number of aromatic nitrogens is 2. The number of nitrogens with zero attached hydrogens (tertiary/aromatic N) is 2. The van der Waals surface area contributed by atoms with Gasteiger partial charge in [0.1, 0.15) is 5.75 Å². The first-order chi connectivity index (χ1) is 19.1. The van der Waals surface area contributed by atoms with Gasteiger partial charge in [0.05, 0.1) is 22.4 Å². The van der Waals surface area contributed by atoms with Crippen LogP contribution in [0.15, 0.2) is 65.8 Å². The molecule has 2 aromatic heterocycles. The standard InChI is InChI=1S/C28H23ClF6N2O3S/c1-16-2-8-22(9-3-16)41(38,39)37-15-23(25-24(37)10-11-36-26(25)28(33,34)35)17-12-19(29)14-21(13-17)40-20-6-4-18(5-7-20)27(30,31)32/h2-3,8-15,18,20H,4-7H2,1H3. The summed E-state index contributed by atoms with van der Waals surface area (Å²) in [6, 6.07) is 11.2. The maximum atomic E-state index is 14.1. The fraction of sp³-hybridized carbons (Fsp3) is 0.321. The molecule has 2 heterocycles. The van der Waals surface area contributed by atoms with E-state index in [2.05, 4.69) is 4.98 Å². The topological polar surface area (TPSA) is 61.2 Å². The van der Waals surface area contributed by atoms with Gasteiger partial charge in [0.2, 0.25) is 0 Å². The summed E-state index contributed by atoms with van der Waals surface area (Å²) in [4.78, 5) is 3.40. The third-order valence-corrected chi connectivity index (χ3v) is 9.06. The Hall–Kier alpha value is -3.25. The molecule has 5 nitrogen and oxygen atoms in total. The summed E-state index contributed by atoms with van der Waals surface area (Å²) in [5.41, 5.74) is -0.711. The van der Waals surface area contributed by atoms with E-state index in [-0.39, 0.29) is 58.0 Å². The van der Waals surface area contributed by atoms with E-state index in [1.807, 2.05) is 0 Å².